The standard InChI is InChI=1S/C39H58N6O9/c1-38(2,3)27-20-33(50)45(37(27)53)18-12-8-11-15-29(46)40-21-30(47)41-23-32(49)44-28(19-25-13-9-7-10-14-25)36(52)42-22-31(48)43-24-54-34(26-16-17-26)35(51)39(4,5)6/h7,9-10,13-14,26-28,34H,8,11-12,15-24H2,1-6H3,(H,40,46)(H,41,47)(H,42,52)(H,43,48)(H,44,49)/t27?,28-,34+/m0/s1. The van der Waals surface area contributed by atoms with Crippen LogP contribution in [-0.4, -0.2) is 97.1 Å². The summed E-state index contributed by atoms with van der Waals surface area (Å²) >= 11 is 0. The monoisotopic (exact) mass is 754 g/mol. The van der Waals surface area contributed by atoms with Crippen LogP contribution < -0.4 is 26.6 Å². The lowest BCUT2D eigenvalue weighted by molar-refractivity contribution is -0.142. The third-order valence-corrected chi connectivity index (χ3v) is 9.40. The highest BCUT2D eigenvalue weighted by molar-refractivity contribution is 6.03. The van der Waals surface area contributed by atoms with Crippen LogP contribution in [0.2, 0.25) is 0 Å². The largest absolute Gasteiger partial charge is 0.350 e. The highest BCUT2D eigenvalue weighted by Gasteiger charge is 2.44. The second-order valence-electron chi connectivity index (χ2n) is 16.2. The first-order valence-electron chi connectivity index (χ1n) is 18.8. The van der Waals surface area contributed by atoms with E-state index in [9.17, 15) is 38.4 Å². The molecule has 1 heterocycles. The van der Waals surface area contributed by atoms with E-state index in [-0.39, 0.29) is 73.3 Å². The molecule has 298 valence electrons. The number of hydrogen-bond acceptors (Lipinski definition) is 9. The van der Waals surface area contributed by atoms with Gasteiger partial charge in [0, 0.05) is 31.2 Å². The summed E-state index contributed by atoms with van der Waals surface area (Å²) < 4.78 is 5.72. The summed E-state index contributed by atoms with van der Waals surface area (Å²) in [6.45, 7) is 10.2. The molecule has 15 heteroatoms. The van der Waals surface area contributed by atoms with Gasteiger partial charge in [0.25, 0.3) is 0 Å². The Kier molecular flexibility index (Phi) is 16.3. The Labute approximate surface area is 317 Å². The van der Waals surface area contributed by atoms with Gasteiger partial charge in [0.1, 0.15) is 18.9 Å². The normalized spacial score (nSPS) is 17.0. The fraction of sp³-hybridized carbons (Fsp3) is 0.641. The van der Waals surface area contributed by atoms with Gasteiger partial charge in [-0.25, -0.2) is 0 Å². The molecule has 2 fully saturated rings. The number of nitrogens with zero attached hydrogens (tertiary/aromatic N) is 1. The molecular formula is C39H58N6O9. The second-order valence-corrected chi connectivity index (χ2v) is 16.2. The number of ether oxygens (including phenoxy) is 1. The number of carbonyl (C=O) groups is 8. The molecule has 1 saturated heterocycles. The fourth-order valence-electron chi connectivity index (χ4n) is 5.96. The van der Waals surface area contributed by atoms with E-state index in [4.69, 9.17) is 4.74 Å². The minimum atomic E-state index is -1.06. The van der Waals surface area contributed by atoms with Gasteiger partial charge in [-0.1, -0.05) is 78.3 Å². The van der Waals surface area contributed by atoms with Crippen molar-refractivity contribution in [2.45, 2.75) is 105 Å². The SMILES string of the molecule is CC(C)(C)C(=O)[C@H](OCNC(=O)CNC(=O)[C@H](Cc1ccccc1)NC(=O)CNC(=O)CNC(=O)CCCCCN1C(=O)CC(C(C)(C)C)C1=O)C1CC1. The van der Waals surface area contributed by atoms with E-state index in [0.717, 1.165) is 18.4 Å². The number of likely N-dealkylation sites (tertiary alicyclic amines) is 1. The maximum atomic E-state index is 13.1. The van der Waals surface area contributed by atoms with Gasteiger partial charge in [-0.3, -0.25) is 43.3 Å². The predicted molar refractivity (Wildman–Crippen MR) is 199 cm³/mol. The summed E-state index contributed by atoms with van der Waals surface area (Å²) in [5, 5.41) is 12.6. The molecule has 15 nitrogen and oxygen atoms in total. The molecule has 3 atom stereocenters. The van der Waals surface area contributed by atoms with E-state index in [1.54, 1.807) is 24.3 Å². The van der Waals surface area contributed by atoms with Crippen LogP contribution in [0.4, 0.5) is 0 Å². The number of rotatable bonds is 21. The molecule has 7 amide bonds. The summed E-state index contributed by atoms with van der Waals surface area (Å²) in [5.41, 5.74) is -0.112. The average molecular weight is 755 g/mol. The van der Waals surface area contributed by atoms with E-state index in [2.05, 4.69) is 26.6 Å². The van der Waals surface area contributed by atoms with Gasteiger partial charge in [-0.05, 0) is 42.6 Å². The Bertz CT molecular complexity index is 1510. The van der Waals surface area contributed by atoms with E-state index in [0.29, 0.717) is 25.8 Å². The molecule has 1 aromatic rings. The number of unbranched alkanes of at least 4 members (excludes halogenated alkanes) is 2. The number of benzene rings is 1. The minimum Gasteiger partial charge on any atom is -0.350 e. The Morgan fingerprint density at radius 2 is 1.39 bits per heavy atom. The van der Waals surface area contributed by atoms with Gasteiger partial charge in [-0.2, -0.15) is 0 Å². The zero-order valence-corrected chi connectivity index (χ0v) is 32.5. The summed E-state index contributed by atoms with van der Waals surface area (Å²) in [6, 6.07) is 7.89. The van der Waals surface area contributed by atoms with Crippen molar-refractivity contribution in [2.75, 3.05) is 32.9 Å². The molecule has 0 bridgehead atoms. The van der Waals surface area contributed by atoms with Crippen molar-refractivity contribution in [3.63, 3.8) is 0 Å². The van der Waals surface area contributed by atoms with Crippen LogP contribution in [0.3, 0.4) is 0 Å². The molecule has 1 aliphatic heterocycles. The summed E-state index contributed by atoms with van der Waals surface area (Å²) in [5.74, 6) is -3.28. The van der Waals surface area contributed by atoms with E-state index in [1.165, 1.54) is 4.90 Å². The van der Waals surface area contributed by atoms with Crippen molar-refractivity contribution >= 4 is 47.1 Å². The number of imide groups is 1. The Morgan fingerprint density at radius 1 is 0.778 bits per heavy atom. The molecule has 3 rings (SSSR count). The zero-order chi connectivity index (χ0) is 40.1. The van der Waals surface area contributed by atoms with Crippen molar-refractivity contribution in [2.24, 2.45) is 22.7 Å². The molecule has 1 unspecified atom stereocenters. The average Bonchev–Trinajstić information content (AvgIpc) is 3.90. The maximum Gasteiger partial charge on any atom is 0.243 e. The van der Waals surface area contributed by atoms with Crippen LogP contribution in [0.15, 0.2) is 30.3 Å². The fourth-order valence-corrected chi connectivity index (χ4v) is 5.96. The summed E-state index contributed by atoms with van der Waals surface area (Å²) in [4.78, 5) is 102. The lowest BCUT2D eigenvalue weighted by Gasteiger charge is -2.25. The van der Waals surface area contributed by atoms with Crippen LogP contribution in [-0.2, 0) is 49.5 Å². The minimum absolute atomic E-state index is 0.0289. The van der Waals surface area contributed by atoms with Gasteiger partial charge in [-0.15, -0.1) is 0 Å². The first kappa shape index (κ1) is 43.7. The van der Waals surface area contributed by atoms with Crippen molar-refractivity contribution in [3.8, 4) is 0 Å². The van der Waals surface area contributed by atoms with Crippen molar-refractivity contribution in [3.05, 3.63) is 35.9 Å². The van der Waals surface area contributed by atoms with Gasteiger partial charge in [0.05, 0.1) is 25.6 Å². The smallest absolute Gasteiger partial charge is 0.243 e. The molecule has 1 aromatic carbocycles. The Morgan fingerprint density at radius 3 is 2.00 bits per heavy atom. The number of carbonyl (C=O) groups excluding carboxylic acids is 8. The van der Waals surface area contributed by atoms with E-state index >= 15 is 0 Å². The van der Waals surface area contributed by atoms with E-state index < -0.39 is 54.3 Å². The maximum absolute atomic E-state index is 13.1. The Balaban J connectivity index is 1.35. The third kappa shape index (κ3) is 14.6. The van der Waals surface area contributed by atoms with Crippen LogP contribution in [0.25, 0.3) is 0 Å². The highest BCUT2D eigenvalue weighted by Crippen LogP contribution is 2.38. The van der Waals surface area contributed by atoms with E-state index in [1.807, 2.05) is 47.6 Å². The molecule has 5 N–H and O–H groups in total. The van der Waals surface area contributed by atoms with Crippen LogP contribution in [0.5, 0.6) is 0 Å². The second kappa shape index (κ2) is 20.1. The number of Topliss-reactive ketones (excluding diaryl/α,β-unsaturated/α-hetero) is 1. The highest BCUT2D eigenvalue weighted by atomic mass is 16.5. The van der Waals surface area contributed by atoms with Crippen molar-refractivity contribution in [1.29, 1.82) is 0 Å². The van der Waals surface area contributed by atoms with Crippen LogP contribution in [0.1, 0.15) is 92.1 Å². The lowest BCUT2D eigenvalue weighted by Crippen LogP contribution is -2.52. The molecule has 0 spiro atoms. The topological polar surface area (TPSA) is 209 Å². The molecule has 0 radical (unpaired) electrons. The van der Waals surface area contributed by atoms with Crippen LogP contribution in [0, 0.1) is 22.7 Å². The number of ketones is 1. The first-order valence-corrected chi connectivity index (χ1v) is 18.8. The van der Waals surface area contributed by atoms with Crippen molar-refractivity contribution in [1.82, 2.24) is 31.5 Å². The van der Waals surface area contributed by atoms with Crippen LogP contribution >= 0.6 is 0 Å². The van der Waals surface area contributed by atoms with Gasteiger partial charge in [0.2, 0.25) is 41.4 Å². The summed E-state index contributed by atoms with van der Waals surface area (Å²) in [6.07, 6.45) is 3.37. The number of nitrogens with one attached hydrogen (secondary N) is 5. The lowest BCUT2D eigenvalue weighted by atomic mass is 9.80. The Hall–Kier alpha value is -4.66. The number of hydrogen-bond donors (Lipinski definition) is 5. The number of amides is 7. The third-order valence-electron chi connectivity index (χ3n) is 9.40. The molecule has 1 saturated carbocycles. The molecule has 1 aliphatic carbocycles. The summed E-state index contributed by atoms with van der Waals surface area (Å²) in [7, 11) is 0. The quantitative estimate of drug-likeness (QED) is 0.0700. The predicted octanol–water partition coefficient (Wildman–Crippen LogP) is 1.53. The zero-order valence-electron chi connectivity index (χ0n) is 32.5. The first-order chi connectivity index (χ1) is 25.4. The van der Waals surface area contributed by atoms with Gasteiger partial charge < -0.3 is 31.3 Å². The molecule has 2 aliphatic rings. The molecule has 54 heavy (non-hydrogen) atoms. The molecular weight excluding hydrogens is 696 g/mol. The van der Waals surface area contributed by atoms with Gasteiger partial charge >= 0.3 is 0 Å². The van der Waals surface area contributed by atoms with Crippen molar-refractivity contribution < 1.29 is 43.1 Å². The molecule has 0 aromatic heterocycles. The van der Waals surface area contributed by atoms with Gasteiger partial charge in [0.15, 0.2) is 5.78 Å².